The predicted molar refractivity (Wildman–Crippen MR) is 72.1 cm³/mol. The number of carbonyl (C=O) groups is 2. The average Bonchev–Trinajstić information content (AvgIpc) is 2.42. The fraction of sp³-hybridized carbons (Fsp3) is 0.538. The van der Waals surface area contributed by atoms with E-state index < -0.39 is 5.91 Å². The van der Waals surface area contributed by atoms with E-state index in [1.807, 2.05) is 0 Å². The summed E-state index contributed by atoms with van der Waals surface area (Å²) in [6, 6.07) is 1.48. The van der Waals surface area contributed by atoms with E-state index in [1.165, 1.54) is 20.3 Å². The minimum absolute atomic E-state index is 0.0240. The number of ether oxygens (including phenoxy) is 3. The number of aromatic nitrogens is 2. The van der Waals surface area contributed by atoms with E-state index >= 15 is 0 Å². The summed E-state index contributed by atoms with van der Waals surface area (Å²) in [7, 11) is 2.88. The van der Waals surface area contributed by atoms with E-state index in [0.29, 0.717) is 0 Å². The summed E-state index contributed by atoms with van der Waals surface area (Å²) in [6.45, 7) is -0.363. The zero-order valence-corrected chi connectivity index (χ0v) is 11.9. The highest BCUT2D eigenvalue weighted by Crippen LogP contribution is 2.27. The van der Waals surface area contributed by atoms with Crippen molar-refractivity contribution in [3.05, 3.63) is 6.07 Å². The second-order valence-corrected chi connectivity index (χ2v) is 4.56. The number of esters is 1. The molecule has 114 valence electrons. The number of amides is 1. The van der Waals surface area contributed by atoms with E-state index in [1.54, 1.807) is 0 Å². The van der Waals surface area contributed by atoms with Gasteiger partial charge in [0, 0.05) is 0 Å². The van der Waals surface area contributed by atoms with Crippen LogP contribution >= 0.6 is 0 Å². The average molecular weight is 295 g/mol. The second-order valence-electron chi connectivity index (χ2n) is 4.56. The van der Waals surface area contributed by atoms with Crippen LogP contribution in [0.15, 0.2) is 6.07 Å². The van der Waals surface area contributed by atoms with Crippen molar-refractivity contribution in [1.82, 2.24) is 9.97 Å². The maximum absolute atomic E-state index is 11.7. The highest BCUT2D eigenvalue weighted by atomic mass is 16.5. The monoisotopic (exact) mass is 295 g/mol. The Kier molecular flexibility index (Phi) is 4.91. The zero-order valence-electron chi connectivity index (χ0n) is 11.9. The number of anilines is 1. The molecule has 1 N–H and O–H groups in total. The molecule has 1 aromatic heterocycles. The Labute approximate surface area is 121 Å². The lowest BCUT2D eigenvalue weighted by Gasteiger charge is -2.22. The van der Waals surface area contributed by atoms with Crippen LogP contribution < -0.4 is 14.8 Å². The molecule has 0 radical (unpaired) electrons. The lowest BCUT2D eigenvalue weighted by Crippen LogP contribution is -2.28. The normalized spacial score (nSPS) is 14.0. The van der Waals surface area contributed by atoms with E-state index in [9.17, 15) is 9.59 Å². The molecule has 1 aliphatic carbocycles. The standard InChI is InChI=1S/C13H17N3O5/c1-19-10-6-11(20-2)16-13(15-10)14-9(17)7-21-12(18)8-4-3-5-8/h6,8H,3-5,7H2,1-2H3,(H,14,15,16,17). The van der Waals surface area contributed by atoms with Crippen molar-refractivity contribution in [2.24, 2.45) is 5.92 Å². The van der Waals surface area contributed by atoms with Crippen LogP contribution in [0.4, 0.5) is 5.95 Å². The van der Waals surface area contributed by atoms with Gasteiger partial charge in [-0.25, -0.2) is 0 Å². The van der Waals surface area contributed by atoms with Crippen LogP contribution in [0, 0.1) is 5.92 Å². The molecule has 21 heavy (non-hydrogen) atoms. The largest absolute Gasteiger partial charge is 0.481 e. The Morgan fingerprint density at radius 1 is 1.24 bits per heavy atom. The topological polar surface area (TPSA) is 99.6 Å². The first-order chi connectivity index (χ1) is 10.1. The first-order valence-electron chi connectivity index (χ1n) is 6.56. The van der Waals surface area contributed by atoms with Gasteiger partial charge in [-0.2, -0.15) is 9.97 Å². The lowest BCUT2D eigenvalue weighted by molar-refractivity contribution is -0.154. The summed E-state index contributed by atoms with van der Waals surface area (Å²) < 4.78 is 14.8. The molecule has 1 heterocycles. The first kappa shape index (κ1) is 15.0. The van der Waals surface area contributed by atoms with Gasteiger partial charge in [0.25, 0.3) is 5.91 Å². The van der Waals surface area contributed by atoms with Crippen LogP contribution in [0.3, 0.4) is 0 Å². The van der Waals surface area contributed by atoms with Crippen molar-refractivity contribution in [1.29, 1.82) is 0 Å². The van der Waals surface area contributed by atoms with Gasteiger partial charge < -0.3 is 14.2 Å². The molecule has 0 saturated heterocycles. The van der Waals surface area contributed by atoms with Crippen molar-refractivity contribution in [3.8, 4) is 11.8 Å². The molecule has 8 nitrogen and oxygen atoms in total. The Morgan fingerprint density at radius 3 is 2.33 bits per heavy atom. The number of carbonyl (C=O) groups excluding carboxylic acids is 2. The number of hydrogen-bond donors (Lipinski definition) is 1. The second kappa shape index (κ2) is 6.87. The van der Waals surface area contributed by atoms with Gasteiger partial charge in [0.2, 0.25) is 17.7 Å². The summed E-state index contributed by atoms with van der Waals surface area (Å²) in [6.07, 6.45) is 2.69. The molecule has 0 bridgehead atoms. The first-order valence-corrected chi connectivity index (χ1v) is 6.56. The van der Waals surface area contributed by atoms with Gasteiger partial charge in [0.05, 0.1) is 26.2 Å². The van der Waals surface area contributed by atoms with Crippen LogP contribution in [0.2, 0.25) is 0 Å². The third-order valence-electron chi connectivity index (χ3n) is 3.13. The van der Waals surface area contributed by atoms with Crippen LogP contribution in [-0.2, 0) is 14.3 Å². The molecular weight excluding hydrogens is 278 g/mol. The molecule has 1 saturated carbocycles. The highest BCUT2D eigenvalue weighted by molar-refractivity contribution is 5.91. The summed E-state index contributed by atoms with van der Waals surface area (Å²) in [5, 5.41) is 2.42. The molecule has 0 unspecified atom stereocenters. The number of nitrogens with zero attached hydrogens (tertiary/aromatic N) is 2. The van der Waals surface area contributed by atoms with E-state index in [0.717, 1.165) is 19.3 Å². The summed E-state index contributed by atoms with van der Waals surface area (Å²) in [5.41, 5.74) is 0. The maximum Gasteiger partial charge on any atom is 0.309 e. The van der Waals surface area contributed by atoms with Gasteiger partial charge >= 0.3 is 5.97 Å². The van der Waals surface area contributed by atoms with Crippen molar-refractivity contribution < 1.29 is 23.8 Å². The highest BCUT2D eigenvalue weighted by Gasteiger charge is 2.27. The number of hydrogen-bond acceptors (Lipinski definition) is 7. The van der Waals surface area contributed by atoms with Crippen LogP contribution in [0.25, 0.3) is 0 Å². The van der Waals surface area contributed by atoms with Gasteiger partial charge in [-0.15, -0.1) is 0 Å². The molecule has 0 atom stereocenters. The minimum Gasteiger partial charge on any atom is -0.481 e. The minimum atomic E-state index is -0.516. The molecule has 1 amide bonds. The SMILES string of the molecule is COc1cc(OC)nc(NC(=O)COC(=O)C2CCC2)n1. The zero-order chi connectivity index (χ0) is 15.2. The van der Waals surface area contributed by atoms with Gasteiger partial charge in [-0.05, 0) is 12.8 Å². The molecule has 2 rings (SSSR count). The van der Waals surface area contributed by atoms with Gasteiger partial charge in [-0.3, -0.25) is 14.9 Å². The van der Waals surface area contributed by atoms with Crippen molar-refractivity contribution in [3.63, 3.8) is 0 Å². The maximum atomic E-state index is 11.7. The quantitative estimate of drug-likeness (QED) is 0.774. The lowest BCUT2D eigenvalue weighted by atomic mass is 9.86. The van der Waals surface area contributed by atoms with Crippen LogP contribution in [0.1, 0.15) is 19.3 Å². The number of nitrogens with one attached hydrogen (secondary N) is 1. The smallest absolute Gasteiger partial charge is 0.309 e. The van der Waals surface area contributed by atoms with E-state index in [-0.39, 0.29) is 36.2 Å². The Morgan fingerprint density at radius 2 is 1.86 bits per heavy atom. The van der Waals surface area contributed by atoms with Gasteiger partial charge in [0.1, 0.15) is 0 Å². The Balaban J connectivity index is 1.88. The van der Waals surface area contributed by atoms with Crippen LogP contribution in [0.5, 0.6) is 11.8 Å². The molecule has 1 aliphatic rings. The summed E-state index contributed by atoms with van der Waals surface area (Å²) in [5.74, 6) is -0.382. The van der Waals surface area contributed by atoms with Crippen molar-refractivity contribution in [2.75, 3.05) is 26.1 Å². The van der Waals surface area contributed by atoms with E-state index in [2.05, 4.69) is 15.3 Å². The molecule has 1 aromatic rings. The summed E-state index contributed by atoms with van der Waals surface area (Å²) >= 11 is 0. The fourth-order valence-corrected chi connectivity index (χ4v) is 1.73. The molecular formula is C13H17N3O5. The van der Waals surface area contributed by atoms with Crippen LogP contribution in [-0.4, -0.2) is 42.7 Å². The number of rotatable bonds is 6. The Hall–Kier alpha value is -2.38. The molecule has 8 heteroatoms. The third-order valence-corrected chi connectivity index (χ3v) is 3.13. The molecule has 0 aliphatic heterocycles. The number of methoxy groups -OCH3 is 2. The predicted octanol–water partition coefficient (Wildman–Crippen LogP) is 0.776. The van der Waals surface area contributed by atoms with Crippen molar-refractivity contribution in [2.45, 2.75) is 19.3 Å². The Bertz CT molecular complexity index is 508. The van der Waals surface area contributed by atoms with E-state index in [4.69, 9.17) is 14.2 Å². The van der Waals surface area contributed by atoms with Gasteiger partial charge in [0.15, 0.2) is 6.61 Å². The molecule has 0 spiro atoms. The van der Waals surface area contributed by atoms with Gasteiger partial charge in [-0.1, -0.05) is 6.42 Å². The summed E-state index contributed by atoms with van der Waals surface area (Å²) in [4.78, 5) is 31.1. The molecule has 1 fully saturated rings. The molecule has 0 aromatic carbocycles. The van der Waals surface area contributed by atoms with Crippen molar-refractivity contribution >= 4 is 17.8 Å². The fourth-order valence-electron chi connectivity index (χ4n) is 1.73. The third kappa shape index (κ3) is 4.04.